The molecule has 0 aromatic rings. The first-order valence-corrected chi connectivity index (χ1v) is 13.7. The Morgan fingerprint density at radius 3 is 1.23 bits per heavy atom. The van der Waals surface area contributed by atoms with E-state index in [0.717, 1.165) is 0 Å². The van der Waals surface area contributed by atoms with Crippen LogP contribution in [-0.4, -0.2) is 111 Å². The quantitative estimate of drug-likeness (QED) is 0.128. The van der Waals surface area contributed by atoms with Gasteiger partial charge in [0.05, 0.1) is 52.5 Å². The number of esters is 2. The van der Waals surface area contributed by atoms with Gasteiger partial charge in [-0.2, -0.15) is 0 Å². The molecular formula is C16H34O12P2. The molecule has 0 saturated carbocycles. The van der Waals surface area contributed by atoms with Crippen molar-refractivity contribution in [2.24, 2.45) is 0 Å². The van der Waals surface area contributed by atoms with E-state index in [4.69, 9.17) is 29.5 Å². The fourth-order valence-electron chi connectivity index (χ4n) is 1.64. The van der Waals surface area contributed by atoms with E-state index in [1.54, 1.807) is 0 Å². The van der Waals surface area contributed by atoms with E-state index in [9.17, 15) is 18.7 Å². The van der Waals surface area contributed by atoms with Crippen LogP contribution in [0.5, 0.6) is 0 Å². The van der Waals surface area contributed by atoms with E-state index in [1.165, 1.54) is 13.3 Å². The van der Waals surface area contributed by atoms with Crippen LogP contribution in [0.25, 0.3) is 0 Å². The Labute approximate surface area is 176 Å². The first-order chi connectivity index (χ1) is 14.0. The summed E-state index contributed by atoms with van der Waals surface area (Å²) in [6.45, 7) is 1.56. The van der Waals surface area contributed by atoms with Gasteiger partial charge in [0.1, 0.15) is 13.2 Å². The minimum absolute atomic E-state index is 0.0161. The molecule has 0 bridgehead atoms. The van der Waals surface area contributed by atoms with Crippen LogP contribution >= 0.6 is 14.7 Å². The molecule has 0 saturated heterocycles. The van der Waals surface area contributed by atoms with Crippen molar-refractivity contribution < 1.29 is 57.7 Å². The zero-order valence-electron chi connectivity index (χ0n) is 17.4. The van der Waals surface area contributed by atoms with Crippen LogP contribution in [0, 0.1) is 0 Å². The number of ether oxygens (including phenoxy) is 2. The Balaban J connectivity index is 0. The molecule has 0 rings (SSSR count). The summed E-state index contributed by atoms with van der Waals surface area (Å²) < 4.78 is 44.0. The molecule has 0 spiro atoms. The van der Waals surface area contributed by atoms with Gasteiger partial charge in [-0.05, 0) is 0 Å². The average molecular weight is 480 g/mol. The van der Waals surface area contributed by atoms with Crippen molar-refractivity contribution in [3.05, 3.63) is 0 Å². The second-order valence-electron chi connectivity index (χ2n) is 5.98. The maximum atomic E-state index is 12.1. The third-order valence-corrected chi connectivity index (χ3v) is 6.59. The van der Waals surface area contributed by atoms with E-state index >= 15 is 0 Å². The molecular weight excluding hydrogens is 446 g/mol. The molecule has 12 nitrogen and oxygen atoms in total. The fraction of sp³-hybridized carbons (Fsp3) is 0.875. The largest absolute Gasteiger partial charge is 0.463 e. The third kappa shape index (κ3) is 21.9. The summed E-state index contributed by atoms with van der Waals surface area (Å²) in [4.78, 5) is 22.6. The second-order valence-corrected chi connectivity index (χ2v) is 11.4. The lowest BCUT2D eigenvalue weighted by atomic mass is 10.5. The number of hydrogen-bond acceptors (Lipinski definition) is 12. The van der Waals surface area contributed by atoms with Gasteiger partial charge in [-0.25, -0.2) is 0 Å². The van der Waals surface area contributed by atoms with Crippen molar-refractivity contribution in [3.63, 3.8) is 0 Å². The minimum atomic E-state index is -3.04. The molecule has 0 fully saturated rings. The Bertz CT molecular complexity index is 506. The van der Waals surface area contributed by atoms with E-state index in [-0.39, 0.29) is 78.0 Å². The molecule has 180 valence electrons. The lowest BCUT2D eigenvalue weighted by molar-refractivity contribution is -0.145. The van der Waals surface area contributed by atoms with Gasteiger partial charge in [-0.1, -0.05) is 0 Å². The molecule has 0 aliphatic carbocycles. The van der Waals surface area contributed by atoms with Gasteiger partial charge in [0.15, 0.2) is 0 Å². The van der Waals surface area contributed by atoms with Crippen LogP contribution in [0.15, 0.2) is 0 Å². The normalized spacial score (nSPS) is 14.6. The molecule has 4 N–H and O–H groups in total. The van der Waals surface area contributed by atoms with Gasteiger partial charge in [-0.3, -0.25) is 18.7 Å². The molecule has 0 aliphatic heterocycles. The van der Waals surface area contributed by atoms with Crippen molar-refractivity contribution in [2.45, 2.75) is 12.8 Å². The molecule has 2 atom stereocenters. The Morgan fingerprint density at radius 1 is 0.633 bits per heavy atom. The standard InChI is InChI=1S/C14H28O10P2.C2H6O2/c1-25(19,11-3-13(17)21-7-5-15)23-9-10-24-26(2,20)12-4-14(18)22-8-6-16;3-1-2-4/h15-16H,3-12H2,1-2H3;3-4H,1-2H2. The van der Waals surface area contributed by atoms with E-state index < -0.39 is 26.7 Å². The molecule has 0 amide bonds. The summed E-state index contributed by atoms with van der Waals surface area (Å²) in [5.74, 6) is -1.15. The highest BCUT2D eigenvalue weighted by atomic mass is 31.2. The second kappa shape index (κ2) is 18.9. The predicted molar refractivity (Wildman–Crippen MR) is 108 cm³/mol. The molecule has 0 aromatic heterocycles. The smallest absolute Gasteiger partial charge is 0.306 e. The molecule has 0 radical (unpaired) electrons. The van der Waals surface area contributed by atoms with Gasteiger partial charge in [0, 0.05) is 25.7 Å². The monoisotopic (exact) mass is 480 g/mol. The van der Waals surface area contributed by atoms with Crippen LogP contribution in [0.4, 0.5) is 0 Å². The number of carbonyl (C=O) groups is 2. The molecule has 30 heavy (non-hydrogen) atoms. The summed E-state index contributed by atoms with van der Waals surface area (Å²) in [7, 11) is -6.07. The van der Waals surface area contributed by atoms with Crippen LogP contribution in [0.3, 0.4) is 0 Å². The zero-order valence-corrected chi connectivity index (χ0v) is 19.2. The third-order valence-electron chi connectivity index (χ3n) is 3.06. The summed E-state index contributed by atoms with van der Waals surface area (Å²) >= 11 is 0. The molecule has 0 aromatic carbocycles. The summed E-state index contributed by atoms with van der Waals surface area (Å²) in [5.41, 5.74) is 0. The van der Waals surface area contributed by atoms with Gasteiger partial charge in [-0.15, -0.1) is 0 Å². The highest BCUT2D eigenvalue weighted by molar-refractivity contribution is 7.58. The average Bonchev–Trinajstić information content (AvgIpc) is 2.71. The summed E-state index contributed by atoms with van der Waals surface area (Å²) in [6, 6.07) is 0. The summed E-state index contributed by atoms with van der Waals surface area (Å²) in [6.07, 6.45) is -0.233. The maximum Gasteiger partial charge on any atom is 0.306 e. The lowest BCUT2D eigenvalue weighted by Gasteiger charge is -2.16. The maximum absolute atomic E-state index is 12.1. The number of hydrogen-bond donors (Lipinski definition) is 4. The van der Waals surface area contributed by atoms with Crippen molar-refractivity contribution in [3.8, 4) is 0 Å². The van der Waals surface area contributed by atoms with Crippen molar-refractivity contribution in [1.82, 2.24) is 0 Å². The van der Waals surface area contributed by atoms with Gasteiger partial charge >= 0.3 is 11.9 Å². The van der Waals surface area contributed by atoms with Crippen LogP contribution < -0.4 is 0 Å². The Hall–Kier alpha value is -0.840. The van der Waals surface area contributed by atoms with Crippen molar-refractivity contribution in [2.75, 3.05) is 78.5 Å². The molecule has 14 heteroatoms. The predicted octanol–water partition coefficient (Wildman–Crippen LogP) is -0.342. The van der Waals surface area contributed by atoms with Gasteiger partial charge < -0.3 is 38.9 Å². The highest BCUT2D eigenvalue weighted by Crippen LogP contribution is 2.45. The highest BCUT2D eigenvalue weighted by Gasteiger charge is 2.21. The number of aliphatic hydroxyl groups excluding tert-OH is 4. The van der Waals surface area contributed by atoms with E-state index in [2.05, 4.69) is 9.47 Å². The Morgan fingerprint density at radius 2 is 0.967 bits per heavy atom. The van der Waals surface area contributed by atoms with Crippen LogP contribution in [0.2, 0.25) is 0 Å². The Kier molecular flexibility index (Phi) is 19.7. The first-order valence-electron chi connectivity index (χ1n) is 9.20. The van der Waals surface area contributed by atoms with E-state index in [0.29, 0.717) is 0 Å². The topological polar surface area (TPSA) is 186 Å². The minimum Gasteiger partial charge on any atom is -0.463 e. The molecule has 2 unspecified atom stereocenters. The molecule has 0 heterocycles. The van der Waals surface area contributed by atoms with Crippen LogP contribution in [-0.2, 0) is 37.2 Å². The number of aliphatic hydroxyl groups is 4. The zero-order chi connectivity index (χ0) is 23.5. The SMILES string of the molecule is CP(=O)(CCC(=O)OCCO)OCCOP(C)(=O)CCC(=O)OCCO.OCCO. The van der Waals surface area contributed by atoms with E-state index in [1.807, 2.05) is 0 Å². The van der Waals surface area contributed by atoms with Gasteiger partial charge in [0.2, 0.25) is 14.7 Å². The summed E-state index contributed by atoms with van der Waals surface area (Å²) in [5, 5.41) is 32.3. The van der Waals surface area contributed by atoms with Crippen molar-refractivity contribution in [1.29, 1.82) is 0 Å². The fourth-order valence-corrected chi connectivity index (χ4v) is 4.00. The first kappa shape index (κ1) is 31.3. The van der Waals surface area contributed by atoms with Gasteiger partial charge in [0.25, 0.3) is 0 Å². The van der Waals surface area contributed by atoms with Crippen LogP contribution in [0.1, 0.15) is 12.8 Å². The number of rotatable bonds is 16. The lowest BCUT2D eigenvalue weighted by Crippen LogP contribution is -2.12. The van der Waals surface area contributed by atoms with Crippen molar-refractivity contribution >= 4 is 26.7 Å². The number of carbonyl (C=O) groups excluding carboxylic acids is 2. The molecule has 0 aliphatic rings.